The zero-order valence-electron chi connectivity index (χ0n) is 13.4. The molecule has 2 fully saturated rings. The number of hydrogen-bond donors (Lipinski definition) is 0. The number of ether oxygens (including phenoxy) is 3. The van der Waals surface area contributed by atoms with Crippen LogP contribution in [0.5, 0.6) is 0 Å². The Kier molecular flexibility index (Phi) is 4.31. The molecule has 0 radical (unpaired) electrons. The summed E-state index contributed by atoms with van der Waals surface area (Å²) in [5, 5.41) is 0. The Labute approximate surface area is 129 Å². The summed E-state index contributed by atoms with van der Waals surface area (Å²) >= 11 is 0. The van der Waals surface area contributed by atoms with Crippen molar-refractivity contribution in [3.05, 3.63) is 12.2 Å². The van der Waals surface area contributed by atoms with Gasteiger partial charge in [0, 0.05) is 12.0 Å². The van der Waals surface area contributed by atoms with Gasteiger partial charge in [0.25, 0.3) is 0 Å². The Morgan fingerprint density at radius 2 is 1.95 bits per heavy atom. The van der Waals surface area contributed by atoms with Gasteiger partial charge in [-0.05, 0) is 33.1 Å². The molecule has 1 saturated carbocycles. The van der Waals surface area contributed by atoms with Gasteiger partial charge in [-0.2, -0.15) is 0 Å². The van der Waals surface area contributed by atoms with E-state index in [1.165, 1.54) is 20.8 Å². The highest BCUT2D eigenvalue weighted by atomic mass is 16.6. The van der Waals surface area contributed by atoms with Crippen molar-refractivity contribution in [3.63, 3.8) is 0 Å². The molecular weight excluding hydrogens is 288 g/mol. The predicted octanol–water partition coefficient (Wildman–Crippen LogP) is 1.77. The van der Waals surface area contributed by atoms with E-state index in [2.05, 4.69) is 6.58 Å². The Morgan fingerprint density at radius 1 is 1.32 bits per heavy atom. The topological polar surface area (TPSA) is 78.9 Å². The number of rotatable bonds is 4. The molecule has 1 aliphatic carbocycles. The van der Waals surface area contributed by atoms with E-state index in [0.29, 0.717) is 12.8 Å². The number of carbonyl (C=O) groups is 3. The number of esters is 3. The van der Waals surface area contributed by atoms with Crippen molar-refractivity contribution >= 4 is 17.9 Å². The van der Waals surface area contributed by atoms with Gasteiger partial charge < -0.3 is 14.2 Å². The Bertz CT molecular complexity index is 521. The van der Waals surface area contributed by atoms with E-state index >= 15 is 0 Å². The minimum Gasteiger partial charge on any atom is -0.458 e. The summed E-state index contributed by atoms with van der Waals surface area (Å²) < 4.78 is 15.9. The van der Waals surface area contributed by atoms with Crippen LogP contribution in [0.4, 0.5) is 0 Å². The van der Waals surface area contributed by atoms with Crippen molar-refractivity contribution in [2.24, 2.45) is 11.8 Å². The molecule has 6 heteroatoms. The molecule has 0 aromatic heterocycles. The molecular formula is C16H22O6. The van der Waals surface area contributed by atoms with Crippen LogP contribution in [0, 0.1) is 11.8 Å². The van der Waals surface area contributed by atoms with Crippen molar-refractivity contribution < 1.29 is 28.6 Å². The maximum Gasteiger partial charge on any atom is 0.350 e. The molecule has 2 bridgehead atoms. The van der Waals surface area contributed by atoms with Crippen LogP contribution in [-0.4, -0.2) is 35.7 Å². The fraction of sp³-hybridized carbons (Fsp3) is 0.688. The fourth-order valence-electron chi connectivity index (χ4n) is 2.83. The second-order valence-corrected chi connectivity index (χ2v) is 6.67. The monoisotopic (exact) mass is 310 g/mol. The van der Waals surface area contributed by atoms with Gasteiger partial charge in [0.1, 0.15) is 12.2 Å². The zero-order valence-corrected chi connectivity index (χ0v) is 13.4. The standard InChI is InChI=1S/C16H22O6/c1-8(2)13(17)22-16(4,5)15(19)21-12-9(3)6-10-7-11(12)20-14(10)18/h9-12H,1,6-7H2,2-5H3. The summed E-state index contributed by atoms with van der Waals surface area (Å²) in [6.07, 6.45) is 0.308. The molecule has 2 aliphatic rings. The molecule has 4 unspecified atom stereocenters. The first kappa shape index (κ1) is 16.5. The molecule has 1 aliphatic heterocycles. The van der Waals surface area contributed by atoms with E-state index in [9.17, 15) is 14.4 Å². The summed E-state index contributed by atoms with van der Waals surface area (Å²) in [6.45, 7) is 9.84. The average Bonchev–Trinajstić information content (AvgIpc) is 2.70. The molecule has 0 amide bonds. The maximum absolute atomic E-state index is 12.3. The molecule has 0 aromatic carbocycles. The van der Waals surface area contributed by atoms with Gasteiger partial charge in [-0.1, -0.05) is 13.5 Å². The second kappa shape index (κ2) is 5.74. The lowest BCUT2D eigenvalue weighted by atomic mass is 9.80. The van der Waals surface area contributed by atoms with Crippen LogP contribution >= 0.6 is 0 Å². The average molecular weight is 310 g/mol. The van der Waals surface area contributed by atoms with Crippen LogP contribution in [0.2, 0.25) is 0 Å². The van der Waals surface area contributed by atoms with Gasteiger partial charge in [0.2, 0.25) is 5.60 Å². The van der Waals surface area contributed by atoms with Crippen molar-refractivity contribution in [3.8, 4) is 0 Å². The normalized spacial score (nSPS) is 30.5. The first-order chi connectivity index (χ1) is 10.1. The third kappa shape index (κ3) is 3.15. The minimum atomic E-state index is -1.42. The van der Waals surface area contributed by atoms with Gasteiger partial charge in [0.05, 0.1) is 5.92 Å². The van der Waals surface area contributed by atoms with Gasteiger partial charge >= 0.3 is 17.9 Å². The first-order valence-corrected chi connectivity index (χ1v) is 7.42. The molecule has 0 spiro atoms. The molecule has 2 rings (SSSR count). The van der Waals surface area contributed by atoms with Crippen molar-refractivity contribution in [2.45, 2.75) is 58.3 Å². The predicted molar refractivity (Wildman–Crippen MR) is 76.6 cm³/mol. The van der Waals surface area contributed by atoms with Crippen LogP contribution in [0.1, 0.15) is 40.5 Å². The maximum atomic E-state index is 12.3. The number of carbonyl (C=O) groups excluding carboxylic acids is 3. The fourth-order valence-corrected chi connectivity index (χ4v) is 2.83. The number of hydrogen-bond acceptors (Lipinski definition) is 6. The second-order valence-electron chi connectivity index (χ2n) is 6.67. The highest BCUT2D eigenvalue weighted by Crippen LogP contribution is 2.39. The largest absolute Gasteiger partial charge is 0.458 e. The van der Waals surface area contributed by atoms with Gasteiger partial charge in [0.15, 0.2) is 0 Å². The smallest absolute Gasteiger partial charge is 0.350 e. The molecule has 1 heterocycles. The third-order valence-electron chi connectivity index (χ3n) is 4.13. The van der Waals surface area contributed by atoms with Crippen molar-refractivity contribution in [1.29, 1.82) is 0 Å². The van der Waals surface area contributed by atoms with Crippen molar-refractivity contribution in [2.75, 3.05) is 0 Å². The highest BCUT2D eigenvalue weighted by Gasteiger charge is 2.50. The van der Waals surface area contributed by atoms with E-state index in [1.54, 1.807) is 0 Å². The molecule has 0 aromatic rings. The Hall–Kier alpha value is -1.85. The minimum absolute atomic E-state index is 0.0202. The first-order valence-electron chi connectivity index (χ1n) is 7.42. The lowest BCUT2D eigenvalue weighted by molar-refractivity contribution is -0.188. The molecule has 122 valence electrons. The van der Waals surface area contributed by atoms with Crippen LogP contribution < -0.4 is 0 Å². The molecule has 22 heavy (non-hydrogen) atoms. The zero-order chi connectivity index (χ0) is 16.7. The summed E-state index contributed by atoms with van der Waals surface area (Å²) in [6, 6.07) is 0. The molecule has 4 atom stereocenters. The van der Waals surface area contributed by atoms with E-state index in [4.69, 9.17) is 14.2 Å². The van der Waals surface area contributed by atoms with E-state index in [0.717, 1.165) is 0 Å². The Balaban J connectivity index is 2.03. The third-order valence-corrected chi connectivity index (χ3v) is 4.13. The Morgan fingerprint density at radius 3 is 2.55 bits per heavy atom. The molecule has 0 N–H and O–H groups in total. The van der Waals surface area contributed by atoms with Crippen LogP contribution in [0.25, 0.3) is 0 Å². The summed E-state index contributed by atoms with van der Waals surface area (Å²) in [5.41, 5.74) is -1.21. The van der Waals surface area contributed by atoms with Gasteiger partial charge in [-0.3, -0.25) is 4.79 Å². The highest BCUT2D eigenvalue weighted by molar-refractivity contribution is 5.90. The van der Waals surface area contributed by atoms with Gasteiger partial charge in [-0.25, -0.2) is 9.59 Å². The van der Waals surface area contributed by atoms with Crippen molar-refractivity contribution in [1.82, 2.24) is 0 Å². The van der Waals surface area contributed by atoms with E-state index in [-0.39, 0.29) is 23.4 Å². The summed E-state index contributed by atoms with van der Waals surface area (Å²) in [5.74, 6) is -1.59. The SMILES string of the molecule is C=C(C)C(=O)OC(C)(C)C(=O)OC1C(C)CC2CC1OC2=O. The van der Waals surface area contributed by atoms with E-state index in [1.807, 2.05) is 6.92 Å². The summed E-state index contributed by atoms with van der Waals surface area (Å²) in [7, 11) is 0. The van der Waals surface area contributed by atoms with Crippen LogP contribution in [-0.2, 0) is 28.6 Å². The quantitative estimate of drug-likeness (QED) is 0.447. The lowest BCUT2D eigenvalue weighted by Gasteiger charge is -2.33. The molecule has 1 saturated heterocycles. The number of fused-ring (bicyclic) bond motifs is 2. The van der Waals surface area contributed by atoms with E-state index < -0.39 is 29.7 Å². The summed E-state index contributed by atoms with van der Waals surface area (Å²) in [4.78, 5) is 35.5. The van der Waals surface area contributed by atoms with Gasteiger partial charge in [-0.15, -0.1) is 0 Å². The lowest BCUT2D eigenvalue weighted by Crippen LogP contribution is -2.46. The van der Waals surface area contributed by atoms with Crippen LogP contribution in [0.3, 0.4) is 0 Å². The van der Waals surface area contributed by atoms with Crippen LogP contribution in [0.15, 0.2) is 12.2 Å². The molecule has 6 nitrogen and oxygen atoms in total.